The smallest absolute Gasteiger partial charge is 0.251 e. The molecule has 0 radical (unpaired) electrons. The van der Waals surface area contributed by atoms with Crippen molar-refractivity contribution in [1.29, 1.82) is 0 Å². The second-order valence-corrected chi connectivity index (χ2v) is 5.88. The maximum Gasteiger partial charge on any atom is 0.251 e. The highest BCUT2D eigenvalue weighted by Gasteiger charge is 2.30. The second-order valence-electron chi connectivity index (χ2n) is 5.48. The van der Waals surface area contributed by atoms with Gasteiger partial charge in [-0.2, -0.15) is 0 Å². The normalized spacial score (nSPS) is 17.3. The van der Waals surface area contributed by atoms with E-state index in [1.54, 1.807) is 35.5 Å². The lowest BCUT2D eigenvalue weighted by atomic mass is 10.2. The van der Waals surface area contributed by atoms with Crippen molar-refractivity contribution in [2.45, 2.75) is 19.0 Å². The molecule has 2 amide bonds. The Hall–Kier alpha value is -2.40. The standard InChI is InChI=1S/C17H16ClN3O2/c18-15-4-2-1-3-13(15)10-21-11-14(9-16(21)22)20-17(23)12-5-7-19-8-6-12/h1-8,14H,9-11H2,(H,20,23)/t14-/m1/s1. The van der Waals surface area contributed by atoms with Crippen LogP contribution in [0.1, 0.15) is 22.3 Å². The summed E-state index contributed by atoms with van der Waals surface area (Å²) in [6.45, 7) is 0.945. The molecule has 6 heteroatoms. The van der Waals surface area contributed by atoms with Crippen LogP contribution in [0.5, 0.6) is 0 Å². The van der Waals surface area contributed by atoms with Gasteiger partial charge in [0.2, 0.25) is 5.91 Å². The molecule has 1 aromatic carbocycles. The molecule has 0 unspecified atom stereocenters. The van der Waals surface area contributed by atoms with Gasteiger partial charge in [0.25, 0.3) is 5.91 Å². The molecule has 5 nitrogen and oxygen atoms in total. The number of benzene rings is 1. The van der Waals surface area contributed by atoms with Crippen LogP contribution in [0.3, 0.4) is 0 Å². The van der Waals surface area contributed by atoms with Crippen LogP contribution in [0.2, 0.25) is 5.02 Å². The van der Waals surface area contributed by atoms with Gasteiger partial charge in [-0.1, -0.05) is 29.8 Å². The van der Waals surface area contributed by atoms with Crippen LogP contribution in [-0.2, 0) is 11.3 Å². The first-order chi connectivity index (χ1) is 11.1. The molecule has 1 saturated heterocycles. The van der Waals surface area contributed by atoms with Crippen LogP contribution in [0.4, 0.5) is 0 Å². The third kappa shape index (κ3) is 3.68. The molecule has 0 spiro atoms. The Bertz CT molecular complexity index is 721. The molecule has 1 atom stereocenters. The average Bonchev–Trinajstić information content (AvgIpc) is 2.90. The lowest BCUT2D eigenvalue weighted by molar-refractivity contribution is -0.128. The average molecular weight is 330 g/mol. The summed E-state index contributed by atoms with van der Waals surface area (Å²) >= 11 is 6.14. The summed E-state index contributed by atoms with van der Waals surface area (Å²) in [4.78, 5) is 29.9. The SMILES string of the molecule is O=C(N[C@@H]1CC(=O)N(Cc2ccccc2Cl)C1)c1ccncc1. The molecule has 23 heavy (non-hydrogen) atoms. The van der Waals surface area contributed by atoms with Crippen LogP contribution in [0.25, 0.3) is 0 Å². The molecule has 1 aliphatic heterocycles. The summed E-state index contributed by atoms with van der Waals surface area (Å²) in [6.07, 6.45) is 3.44. The quantitative estimate of drug-likeness (QED) is 0.936. The molecule has 118 valence electrons. The zero-order chi connectivity index (χ0) is 16.2. The Labute approximate surface area is 139 Å². The van der Waals surface area contributed by atoms with E-state index in [1.807, 2.05) is 18.2 Å². The van der Waals surface area contributed by atoms with Crippen molar-refractivity contribution < 1.29 is 9.59 Å². The van der Waals surface area contributed by atoms with Gasteiger partial charge in [0, 0.05) is 42.5 Å². The molecule has 1 N–H and O–H groups in total. The van der Waals surface area contributed by atoms with Crippen molar-refractivity contribution in [1.82, 2.24) is 15.2 Å². The topological polar surface area (TPSA) is 62.3 Å². The molecule has 3 rings (SSSR count). The summed E-state index contributed by atoms with van der Waals surface area (Å²) in [7, 11) is 0. The van der Waals surface area contributed by atoms with Crippen molar-refractivity contribution in [3.05, 3.63) is 64.9 Å². The predicted octanol–water partition coefficient (Wildman–Crippen LogP) is 2.27. The summed E-state index contributed by atoms with van der Waals surface area (Å²) < 4.78 is 0. The zero-order valence-corrected chi connectivity index (χ0v) is 13.2. The van der Waals surface area contributed by atoms with Gasteiger partial charge >= 0.3 is 0 Å². The largest absolute Gasteiger partial charge is 0.347 e. The number of likely N-dealkylation sites (tertiary alicyclic amines) is 1. The van der Waals surface area contributed by atoms with E-state index in [2.05, 4.69) is 10.3 Å². The fourth-order valence-electron chi connectivity index (χ4n) is 2.63. The molecule has 1 aliphatic rings. The number of halogens is 1. The molecule has 1 aromatic heterocycles. The van der Waals surface area contributed by atoms with Crippen LogP contribution in [0, 0.1) is 0 Å². The molecule has 0 saturated carbocycles. The minimum absolute atomic E-state index is 0.0185. The van der Waals surface area contributed by atoms with E-state index in [1.165, 1.54) is 0 Å². The number of hydrogen-bond acceptors (Lipinski definition) is 3. The highest BCUT2D eigenvalue weighted by atomic mass is 35.5. The van der Waals surface area contributed by atoms with Gasteiger partial charge in [-0.25, -0.2) is 0 Å². The Morgan fingerprint density at radius 2 is 2.00 bits per heavy atom. The van der Waals surface area contributed by atoms with Crippen molar-refractivity contribution in [3.8, 4) is 0 Å². The van der Waals surface area contributed by atoms with E-state index in [-0.39, 0.29) is 17.9 Å². The first-order valence-electron chi connectivity index (χ1n) is 7.35. The minimum atomic E-state index is -0.190. The Balaban J connectivity index is 1.61. The lowest BCUT2D eigenvalue weighted by Crippen LogP contribution is -2.37. The van der Waals surface area contributed by atoms with E-state index in [0.29, 0.717) is 30.1 Å². The maximum atomic E-state index is 12.1. The Morgan fingerprint density at radius 3 is 2.74 bits per heavy atom. The number of aromatic nitrogens is 1. The first kappa shape index (κ1) is 15.5. The van der Waals surface area contributed by atoms with Crippen LogP contribution in [-0.4, -0.2) is 34.3 Å². The number of nitrogens with zero attached hydrogens (tertiary/aromatic N) is 2. The summed E-state index contributed by atoms with van der Waals surface area (Å²) in [5.41, 5.74) is 1.45. The molecule has 1 fully saturated rings. The van der Waals surface area contributed by atoms with Gasteiger partial charge in [-0.3, -0.25) is 14.6 Å². The number of carbonyl (C=O) groups excluding carboxylic acids is 2. The van der Waals surface area contributed by atoms with E-state index in [0.717, 1.165) is 5.56 Å². The highest BCUT2D eigenvalue weighted by Crippen LogP contribution is 2.20. The Kier molecular flexibility index (Phi) is 4.57. The van der Waals surface area contributed by atoms with E-state index in [9.17, 15) is 9.59 Å². The van der Waals surface area contributed by atoms with E-state index < -0.39 is 0 Å². The van der Waals surface area contributed by atoms with Crippen molar-refractivity contribution in [3.63, 3.8) is 0 Å². The predicted molar refractivity (Wildman–Crippen MR) is 87.0 cm³/mol. The van der Waals surface area contributed by atoms with Crippen LogP contribution >= 0.6 is 11.6 Å². The fraction of sp³-hybridized carbons (Fsp3) is 0.235. The zero-order valence-electron chi connectivity index (χ0n) is 12.4. The number of carbonyl (C=O) groups is 2. The van der Waals surface area contributed by atoms with Crippen molar-refractivity contribution in [2.75, 3.05) is 6.54 Å². The monoisotopic (exact) mass is 329 g/mol. The van der Waals surface area contributed by atoms with Gasteiger partial charge in [0.1, 0.15) is 0 Å². The van der Waals surface area contributed by atoms with Crippen molar-refractivity contribution >= 4 is 23.4 Å². The Morgan fingerprint density at radius 1 is 1.26 bits per heavy atom. The minimum Gasteiger partial charge on any atom is -0.347 e. The van der Waals surface area contributed by atoms with Gasteiger partial charge in [-0.05, 0) is 23.8 Å². The molecular weight excluding hydrogens is 314 g/mol. The number of hydrogen-bond donors (Lipinski definition) is 1. The number of rotatable bonds is 4. The van der Waals surface area contributed by atoms with Gasteiger partial charge in [0.05, 0.1) is 6.04 Å². The van der Waals surface area contributed by atoms with Gasteiger partial charge in [-0.15, -0.1) is 0 Å². The second kappa shape index (κ2) is 6.79. The number of amides is 2. The first-order valence-corrected chi connectivity index (χ1v) is 7.73. The van der Waals surface area contributed by atoms with Gasteiger partial charge < -0.3 is 10.2 Å². The summed E-state index contributed by atoms with van der Waals surface area (Å²) in [5, 5.41) is 3.54. The molecule has 2 aromatic rings. The molecule has 0 aliphatic carbocycles. The van der Waals surface area contributed by atoms with Gasteiger partial charge in [0.15, 0.2) is 0 Å². The molecular formula is C17H16ClN3O2. The van der Waals surface area contributed by atoms with E-state index >= 15 is 0 Å². The molecule has 0 bridgehead atoms. The van der Waals surface area contributed by atoms with Crippen molar-refractivity contribution in [2.24, 2.45) is 0 Å². The van der Waals surface area contributed by atoms with Crippen LogP contribution in [0.15, 0.2) is 48.8 Å². The number of pyridine rings is 1. The maximum absolute atomic E-state index is 12.1. The fourth-order valence-corrected chi connectivity index (χ4v) is 2.82. The molecule has 2 heterocycles. The summed E-state index contributed by atoms with van der Waals surface area (Å²) in [6, 6.07) is 10.6. The van der Waals surface area contributed by atoms with E-state index in [4.69, 9.17) is 11.6 Å². The third-order valence-electron chi connectivity index (χ3n) is 3.81. The van der Waals surface area contributed by atoms with Crippen LogP contribution < -0.4 is 5.32 Å². The third-order valence-corrected chi connectivity index (χ3v) is 4.18. The summed E-state index contributed by atoms with van der Waals surface area (Å²) in [5.74, 6) is -0.172. The lowest BCUT2D eigenvalue weighted by Gasteiger charge is -2.18. The highest BCUT2D eigenvalue weighted by molar-refractivity contribution is 6.31. The number of nitrogens with one attached hydrogen (secondary N) is 1.